The molecule has 11 rings (SSSR count). The van der Waals surface area contributed by atoms with Crippen molar-refractivity contribution in [3.8, 4) is 55.6 Å². The molecular formula is C51H36. The molecule has 0 saturated heterocycles. The zero-order chi connectivity index (χ0) is 33.8. The highest BCUT2D eigenvalue weighted by atomic mass is 14.5. The van der Waals surface area contributed by atoms with E-state index in [9.17, 15) is 0 Å². The van der Waals surface area contributed by atoms with Crippen LogP contribution in [0.3, 0.4) is 0 Å². The maximum absolute atomic E-state index is 2.48. The summed E-state index contributed by atoms with van der Waals surface area (Å²) < 4.78 is 0. The molecule has 0 heterocycles. The van der Waals surface area contributed by atoms with Crippen LogP contribution in [0, 0.1) is 5.92 Å². The summed E-state index contributed by atoms with van der Waals surface area (Å²) in [6.45, 7) is 4.83. The highest BCUT2D eigenvalue weighted by molar-refractivity contribution is 6.19. The summed E-state index contributed by atoms with van der Waals surface area (Å²) in [5.74, 6) is 0.977. The molecular weight excluding hydrogens is 613 g/mol. The zero-order valence-corrected chi connectivity index (χ0v) is 28.8. The average molecular weight is 649 g/mol. The topological polar surface area (TPSA) is 0 Å². The number of fused-ring (bicyclic) bond motifs is 8. The summed E-state index contributed by atoms with van der Waals surface area (Å²) in [5, 5.41) is 7.79. The lowest BCUT2D eigenvalue weighted by Crippen LogP contribution is -2.24. The van der Waals surface area contributed by atoms with E-state index in [1.165, 1.54) is 99.1 Å². The Morgan fingerprint density at radius 2 is 0.941 bits per heavy atom. The third-order valence-corrected chi connectivity index (χ3v) is 12.3. The Balaban J connectivity index is 1.02. The van der Waals surface area contributed by atoms with Crippen molar-refractivity contribution in [2.75, 3.05) is 0 Å². The third-order valence-electron chi connectivity index (χ3n) is 12.3. The minimum atomic E-state index is 0.0920. The molecule has 0 bridgehead atoms. The third kappa shape index (κ3) is 4.08. The second-order valence-corrected chi connectivity index (χ2v) is 15.3. The fourth-order valence-corrected chi connectivity index (χ4v) is 9.79. The van der Waals surface area contributed by atoms with Crippen LogP contribution in [-0.2, 0) is 5.41 Å². The van der Waals surface area contributed by atoms with E-state index in [4.69, 9.17) is 0 Å². The first kappa shape index (κ1) is 28.8. The van der Waals surface area contributed by atoms with Gasteiger partial charge in [-0.1, -0.05) is 172 Å². The van der Waals surface area contributed by atoms with Gasteiger partial charge in [0.2, 0.25) is 0 Å². The first-order valence-electron chi connectivity index (χ1n) is 18.3. The maximum atomic E-state index is 2.48. The molecule has 0 spiro atoms. The molecule has 8 aromatic rings. The molecule has 0 radical (unpaired) electrons. The molecule has 3 aliphatic carbocycles. The van der Waals surface area contributed by atoms with Crippen molar-refractivity contribution < 1.29 is 0 Å². The molecule has 8 aromatic carbocycles. The average Bonchev–Trinajstić information content (AvgIpc) is 3.63. The Bertz CT molecular complexity index is 2810. The van der Waals surface area contributed by atoms with Crippen LogP contribution in [-0.4, -0.2) is 0 Å². The van der Waals surface area contributed by atoms with Crippen LogP contribution in [0.5, 0.6) is 0 Å². The Labute approximate surface area is 299 Å². The standard InChI is InChI=1S/C51H36/c1-51(2)48-17-8-7-14-43(48)44-23-22-34(30-49(44)51)37-25-24-36(39-10-3-4-11-40(37)39)32-20-18-31-19-21-33(29-35(31)28-32)38-26-27-47-42-13-6-5-12-41(42)46-16-9-15-45(38)50(46)47/h3-30,43,48H,1-2H3. The van der Waals surface area contributed by atoms with Crippen molar-refractivity contribution in [2.24, 2.45) is 5.92 Å². The molecule has 2 atom stereocenters. The van der Waals surface area contributed by atoms with Crippen molar-refractivity contribution in [3.63, 3.8) is 0 Å². The van der Waals surface area contributed by atoms with Gasteiger partial charge in [-0.2, -0.15) is 0 Å². The Morgan fingerprint density at radius 1 is 0.412 bits per heavy atom. The van der Waals surface area contributed by atoms with Gasteiger partial charge in [0.25, 0.3) is 0 Å². The fourth-order valence-electron chi connectivity index (χ4n) is 9.79. The molecule has 0 heteroatoms. The lowest BCUT2D eigenvalue weighted by molar-refractivity contribution is 0.394. The number of allylic oxidation sites excluding steroid dienone is 4. The SMILES string of the molecule is CC1(C)c2cc(-c3ccc(-c4ccc5ccc(-c6ccc7c8c(cccc68)-c6ccccc6-7)cc5c4)c4ccccc34)ccc2C2C=CC=CC21. The maximum Gasteiger partial charge on any atom is 0.00953 e. The Kier molecular flexibility index (Phi) is 5.94. The van der Waals surface area contributed by atoms with Crippen LogP contribution in [0.15, 0.2) is 170 Å². The quantitative estimate of drug-likeness (QED) is 0.179. The van der Waals surface area contributed by atoms with Gasteiger partial charge >= 0.3 is 0 Å². The Morgan fingerprint density at radius 3 is 1.65 bits per heavy atom. The molecule has 240 valence electrons. The summed E-state index contributed by atoms with van der Waals surface area (Å²) in [6.07, 6.45) is 9.24. The molecule has 2 unspecified atom stereocenters. The highest BCUT2D eigenvalue weighted by Crippen LogP contribution is 2.54. The van der Waals surface area contributed by atoms with Crippen LogP contribution < -0.4 is 0 Å². The van der Waals surface area contributed by atoms with Gasteiger partial charge in [0.05, 0.1) is 0 Å². The van der Waals surface area contributed by atoms with E-state index in [-0.39, 0.29) is 5.41 Å². The van der Waals surface area contributed by atoms with Gasteiger partial charge < -0.3 is 0 Å². The van der Waals surface area contributed by atoms with E-state index >= 15 is 0 Å². The van der Waals surface area contributed by atoms with E-state index in [0.29, 0.717) is 11.8 Å². The van der Waals surface area contributed by atoms with Gasteiger partial charge in [-0.3, -0.25) is 0 Å². The van der Waals surface area contributed by atoms with Gasteiger partial charge in [0, 0.05) is 5.92 Å². The van der Waals surface area contributed by atoms with Crippen LogP contribution in [0.25, 0.3) is 88.0 Å². The fraction of sp³-hybridized carbons (Fsp3) is 0.0980. The number of rotatable bonds is 3. The second-order valence-electron chi connectivity index (χ2n) is 15.3. The predicted molar refractivity (Wildman–Crippen MR) is 217 cm³/mol. The van der Waals surface area contributed by atoms with Crippen molar-refractivity contribution in [2.45, 2.75) is 25.2 Å². The van der Waals surface area contributed by atoms with Gasteiger partial charge in [-0.05, 0) is 123 Å². The molecule has 0 nitrogen and oxygen atoms in total. The molecule has 51 heavy (non-hydrogen) atoms. The Hall–Kier alpha value is -5.98. The summed E-state index contributed by atoms with van der Waals surface area (Å²) >= 11 is 0. The van der Waals surface area contributed by atoms with E-state index < -0.39 is 0 Å². The number of benzene rings is 8. The minimum absolute atomic E-state index is 0.0920. The number of hydrogen-bond acceptors (Lipinski definition) is 0. The second kappa shape index (κ2) is 10.5. The molecule has 0 amide bonds. The zero-order valence-electron chi connectivity index (χ0n) is 28.8. The predicted octanol–water partition coefficient (Wildman–Crippen LogP) is 13.9. The van der Waals surface area contributed by atoms with E-state index in [0.717, 1.165) is 0 Å². The van der Waals surface area contributed by atoms with Gasteiger partial charge in [0.15, 0.2) is 0 Å². The van der Waals surface area contributed by atoms with Gasteiger partial charge in [-0.25, -0.2) is 0 Å². The molecule has 0 aromatic heterocycles. The van der Waals surface area contributed by atoms with Crippen molar-refractivity contribution >= 4 is 32.3 Å². The van der Waals surface area contributed by atoms with Crippen LogP contribution in [0.1, 0.15) is 30.9 Å². The van der Waals surface area contributed by atoms with Crippen molar-refractivity contribution in [3.05, 3.63) is 181 Å². The summed E-state index contributed by atoms with van der Waals surface area (Å²) in [7, 11) is 0. The normalized spacial score (nSPS) is 17.6. The lowest BCUT2D eigenvalue weighted by atomic mass is 9.74. The summed E-state index contributed by atoms with van der Waals surface area (Å²) in [4.78, 5) is 0. The smallest absolute Gasteiger partial charge is 0.00953 e. The monoisotopic (exact) mass is 648 g/mol. The van der Waals surface area contributed by atoms with Gasteiger partial charge in [0.1, 0.15) is 0 Å². The molecule has 0 aliphatic heterocycles. The molecule has 3 aliphatic rings. The molecule has 0 saturated carbocycles. The molecule has 0 N–H and O–H groups in total. The largest absolute Gasteiger partial charge is 0.0796 e. The van der Waals surface area contributed by atoms with E-state index in [1.807, 2.05) is 0 Å². The van der Waals surface area contributed by atoms with Crippen LogP contribution in [0.2, 0.25) is 0 Å². The van der Waals surface area contributed by atoms with Crippen molar-refractivity contribution in [1.82, 2.24) is 0 Å². The molecule has 0 fully saturated rings. The summed E-state index contributed by atoms with van der Waals surface area (Å²) in [5.41, 5.74) is 16.1. The first-order chi connectivity index (χ1) is 25.0. The van der Waals surface area contributed by atoms with Gasteiger partial charge in [-0.15, -0.1) is 0 Å². The van der Waals surface area contributed by atoms with Crippen LogP contribution in [0.4, 0.5) is 0 Å². The van der Waals surface area contributed by atoms with Crippen molar-refractivity contribution in [1.29, 1.82) is 0 Å². The first-order valence-corrected chi connectivity index (χ1v) is 18.3. The number of hydrogen-bond donors (Lipinski definition) is 0. The van der Waals surface area contributed by atoms with E-state index in [1.54, 1.807) is 0 Å². The van der Waals surface area contributed by atoms with Crippen LogP contribution >= 0.6 is 0 Å². The summed E-state index contributed by atoms with van der Waals surface area (Å²) in [6, 6.07) is 55.0. The minimum Gasteiger partial charge on any atom is -0.0796 e. The highest BCUT2D eigenvalue weighted by Gasteiger charge is 2.44. The lowest BCUT2D eigenvalue weighted by Gasteiger charge is -2.29. The van der Waals surface area contributed by atoms with E-state index in [2.05, 4.69) is 184 Å².